The third-order valence-electron chi connectivity index (χ3n) is 4.35. The Morgan fingerprint density at radius 3 is 2.58 bits per heavy atom. The highest BCUT2D eigenvalue weighted by Crippen LogP contribution is 2.26. The van der Waals surface area contributed by atoms with Crippen LogP contribution in [0.4, 0.5) is 10.4 Å². The molecule has 0 aliphatic carbocycles. The fraction of sp³-hybridized carbons (Fsp3) is 0.471. The zero-order valence-electron chi connectivity index (χ0n) is 14.0. The maximum absolute atomic E-state index is 13.0. The van der Waals surface area contributed by atoms with E-state index in [1.165, 1.54) is 12.1 Å². The molecule has 1 fully saturated rings. The first-order valence-electron chi connectivity index (χ1n) is 8.12. The molecule has 6 nitrogen and oxygen atoms in total. The van der Waals surface area contributed by atoms with Gasteiger partial charge < -0.3 is 14.6 Å². The Labute approximate surface area is 140 Å². The fourth-order valence-corrected chi connectivity index (χ4v) is 2.86. The SMILES string of the molecule is CC(C)[C@@H]1CCN1C(=O)[C@@H](C)Nc1nnc(-c2ccc(F)cc2)o1. The third kappa shape index (κ3) is 3.25. The van der Waals surface area contributed by atoms with Gasteiger partial charge in [-0.3, -0.25) is 4.79 Å². The monoisotopic (exact) mass is 332 g/mol. The second-order valence-corrected chi connectivity index (χ2v) is 6.42. The number of benzene rings is 1. The molecule has 0 spiro atoms. The minimum absolute atomic E-state index is 0.0292. The van der Waals surface area contributed by atoms with Gasteiger partial charge in [0, 0.05) is 18.2 Å². The summed E-state index contributed by atoms with van der Waals surface area (Å²) in [5, 5.41) is 10.8. The van der Waals surface area contributed by atoms with E-state index in [-0.39, 0.29) is 23.6 Å². The van der Waals surface area contributed by atoms with E-state index in [9.17, 15) is 9.18 Å². The minimum atomic E-state index is -0.451. The van der Waals surface area contributed by atoms with Crippen LogP contribution in [0.15, 0.2) is 28.7 Å². The molecule has 2 aromatic rings. The van der Waals surface area contributed by atoms with E-state index in [2.05, 4.69) is 29.4 Å². The Kier molecular flexibility index (Phi) is 4.51. The predicted octanol–water partition coefficient (Wildman–Crippen LogP) is 2.93. The van der Waals surface area contributed by atoms with Crippen molar-refractivity contribution < 1.29 is 13.6 Å². The second kappa shape index (κ2) is 6.59. The summed E-state index contributed by atoms with van der Waals surface area (Å²) in [4.78, 5) is 14.4. The number of rotatable bonds is 5. The Hall–Kier alpha value is -2.44. The summed E-state index contributed by atoms with van der Waals surface area (Å²) < 4.78 is 18.5. The number of amides is 1. The van der Waals surface area contributed by atoms with E-state index in [0.29, 0.717) is 17.5 Å². The lowest BCUT2D eigenvalue weighted by molar-refractivity contribution is -0.141. The molecule has 128 valence electrons. The molecular formula is C17H21FN4O2. The number of likely N-dealkylation sites (tertiary alicyclic amines) is 1. The molecule has 1 amide bonds. The number of carbonyl (C=O) groups is 1. The van der Waals surface area contributed by atoms with E-state index in [0.717, 1.165) is 13.0 Å². The van der Waals surface area contributed by atoms with Gasteiger partial charge in [-0.25, -0.2) is 4.39 Å². The molecule has 24 heavy (non-hydrogen) atoms. The van der Waals surface area contributed by atoms with Crippen LogP contribution in [-0.4, -0.2) is 39.6 Å². The zero-order chi connectivity index (χ0) is 17.3. The van der Waals surface area contributed by atoms with Crippen molar-refractivity contribution >= 4 is 11.9 Å². The zero-order valence-corrected chi connectivity index (χ0v) is 14.0. The van der Waals surface area contributed by atoms with Crippen molar-refractivity contribution in [3.63, 3.8) is 0 Å². The van der Waals surface area contributed by atoms with Crippen LogP contribution in [0.1, 0.15) is 27.2 Å². The van der Waals surface area contributed by atoms with Crippen LogP contribution in [0.3, 0.4) is 0 Å². The van der Waals surface area contributed by atoms with E-state index >= 15 is 0 Å². The van der Waals surface area contributed by atoms with Crippen LogP contribution >= 0.6 is 0 Å². The molecular weight excluding hydrogens is 311 g/mol. The van der Waals surface area contributed by atoms with Gasteiger partial charge in [0.2, 0.25) is 11.8 Å². The number of nitrogens with zero attached hydrogens (tertiary/aromatic N) is 3. The fourth-order valence-electron chi connectivity index (χ4n) is 2.86. The van der Waals surface area contributed by atoms with Crippen molar-refractivity contribution in [2.24, 2.45) is 5.92 Å². The molecule has 1 aliphatic rings. The molecule has 1 saturated heterocycles. The lowest BCUT2D eigenvalue weighted by atomic mass is 9.91. The van der Waals surface area contributed by atoms with Crippen molar-refractivity contribution in [1.82, 2.24) is 15.1 Å². The quantitative estimate of drug-likeness (QED) is 0.911. The molecule has 2 atom stereocenters. The van der Waals surface area contributed by atoms with Gasteiger partial charge in [-0.2, -0.15) is 0 Å². The van der Waals surface area contributed by atoms with Crippen molar-refractivity contribution in [1.29, 1.82) is 0 Å². The second-order valence-electron chi connectivity index (χ2n) is 6.42. The Morgan fingerprint density at radius 2 is 2.00 bits per heavy atom. The highest BCUT2D eigenvalue weighted by atomic mass is 19.1. The van der Waals surface area contributed by atoms with Gasteiger partial charge in [-0.05, 0) is 43.5 Å². The summed E-state index contributed by atoms with van der Waals surface area (Å²) in [6.45, 7) is 6.81. The summed E-state index contributed by atoms with van der Waals surface area (Å²) in [5.41, 5.74) is 0.624. The van der Waals surface area contributed by atoms with Crippen LogP contribution in [0.5, 0.6) is 0 Å². The first-order chi connectivity index (χ1) is 11.5. The highest BCUT2D eigenvalue weighted by Gasteiger charge is 2.36. The van der Waals surface area contributed by atoms with Crippen molar-refractivity contribution in [3.05, 3.63) is 30.1 Å². The lowest BCUT2D eigenvalue weighted by Gasteiger charge is -2.44. The first kappa shape index (κ1) is 16.4. The van der Waals surface area contributed by atoms with Crippen LogP contribution in [-0.2, 0) is 4.79 Å². The predicted molar refractivity (Wildman–Crippen MR) is 87.7 cm³/mol. The largest absolute Gasteiger partial charge is 0.403 e. The Balaban J connectivity index is 1.64. The van der Waals surface area contributed by atoms with Gasteiger partial charge in [-0.1, -0.05) is 18.9 Å². The summed E-state index contributed by atoms with van der Waals surface area (Å²) in [5.74, 6) is 0.427. The maximum Gasteiger partial charge on any atom is 0.316 e. The topological polar surface area (TPSA) is 71.3 Å². The van der Waals surface area contributed by atoms with Crippen LogP contribution in [0.2, 0.25) is 0 Å². The lowest BCUT2D eigenvalue weighted by Crippen LogP contribution is -2.57. The van der Waals surface area contributed by atoms with Gasteiger partial charge in [-0.15, -0.1) is 5.10 Å². The van der Waals surface area contributed by atoms with Gasteiger partial charge in [0.15, 0.2) is 0 Å². The van der Waals surface area contributed by atoms with Crippen molar-refractivity contribution in [2.45, 2.75) is 39.3 Å². The van der Waals surface area contributed by atoms with Gasteiger partial charge in [0.1, 0.15) is 11.9 Å². The highest BCUT2D eigenvalue weighted by molar-refractivity contribution is 5.84. The molecule has 7 heteroatoms. The van der Waals surface area contributed by atoms with Crippen LogP contribution in [0.25, 0.3) is 11.5 Å². The minimum Gasteiger partial charge on any atom is -0.403 e. The average molecular weight is 332 g/mol. The average Bonchev–Trinajstić information content (AvgIpc) is 2.94. The number of halogens is 1. The third-order valence-corrected chi connectivity index (χ3v) is 4.35. The first-order valence-corrected chi connectivity index (χ1v) is 8.12. The molecule has 0 saturated carbocycles. The standard InChI is InChI=1S/C17H21FN4O2/c1-10(2)14-8-9-22(14)16(23)11(3)19-17-21-20-15(24-17)12-4-6-13(18)7-5-12/h4-7,10-11,14H,8-9H2,1-3H3,(H,19,21)/t11-,14+/m1/s1. The maximum atomic E-state index is 13.0. The summed E-state index contributed by atoms with van der Waals surface area (Å²) in [6.07, 6.45) is 1.05. The molecule has 1 aliphatic heterocycles. The molecule has 0 radical (unpaired) electrons. The van der Waals surface area contributed by atoms with Gasteiger partial charge >= 0.3 is 6.01 Å². The molecule has 3 rings (SSSR count). The van der Waals surface area contributed by atoms with E-state index < -0.39 is 6.04 Å². The van der Waals surface area contributed by atoms with E-state index in [4.69, 9.17) is 4.42 Å². The summed E-state index contributed by atoms with van der Waals surface area (Å²) in [6, 6.07) is 5.82. The Morgan fingerprint density at radius 1 is 1.29 bits per heavy atom. The molecule has 0 bridgehead atoms. The van der Waals surface area contributed by atoms with Gasteiger partial charge in [0.25, 0.3) is 0 Å². The molecule has 1 aromatic carbocycles. The van der Waals surface area contributed by atoms with Gasteiger partial charge in [0.05, 0.1) is 0 Å². The van der Waals surface area contributed by atoms with Crippen molar-refractivity contribution in [3.8, 4) is 11.5 Å². The van der Waals surface area contributed by atoms with Crippen LogP contribution in [0, 0.1) is 11.7 Å². The normalized spacial score (nSPS) is 18.4. The molecule has 1 aromatic heterocycles. The number of carbonyl (C=O) groups excluding carboxylic acids is 1. The van der Waals surface area contributed by atoms with Crippen molar-refractivity contribution in [2.75, 3.05) is 11.9 Å². The summed E-state index contributed by atoms with van der Waals surface area (Å²) in [7, 11) is 0. The number of nitrogens with one attached hydrogen (secondary N) is 1. The van der Waals surface area contributed by atoms with E-state index in [1.807, 2.05) is 4.90 Å². The number of hydrogen-bond acceptors (Lipinski definition) is 5. The molecule has 1 N–H and O–H groups in total. The summed E-state index contributed by atoms with van der Waals surface area (Å²) >= 11 is 0. The molecule has 0 unspecified atom stereocenters. The Bertz CT molecular complexity index is 714. The smallest absolute Gasteiger partial charge is 0.316 e. The van der Waals surface area contributed by atoms with E-state index in [1.54, 1.807) is 19.1 Å². The number of aromatic nitrogens is 2. The molecule has 2 heterocycles. The van der Waals surface area contributed by atoms with Crippen LogP contribution < -0.4 is 5.32 Å². The number of anilines is 1. The number of hydrogen-bond donors (Lipinski definition) is 1.